The standard InChI is InChI=1S/C10H23NO/c1-6-8-9(11-5)10(3,4)12-7-2/h9,11H,6-8H2,1-5H3. The number of hydrogen-bond donors (Lipinski definition) is 1. The van der Waals surface area contributed by atoms with E-state index in [4.69, 9.17) is 4.74 Å². The monoisotopic (exact) mass is 173 g/mol. The first-order valence-corrected chi connectivity index (χ1v) is 4.89. The fourth-order valence-corrected chi connectivity index (χ4v) is 1.60. The predicted molar refractivity (Wildman–Crippen MR) is 53.5 cm³/mol. The van der Waals surface area contributed by atoms with Crippen LogP contribution < -0.4 is 5.32 Å². The highest BCUT2D eigenvalue weighted by Gasteiger charge is 2.27. The molecule has 1 unspecified atom stereocenters. The van der Waals surface area contributed by atoms with Crippen LogP contribution in [0.15, 0.2) is 0 Å². The van der Waals surface area contributed by atoms with Gasteiger partial charge in [0.1, 0.15) is 0 Å². The summed E-state index contributed by atoms with van der Waals surface area (Å²) in [6.07, 6.45) is 2.37. The molecule has 2 heteroatoms. The molecule has 0 aromatic carbocycles. The fraction of sp³-hybridized carbons (Fsp3) is 1.00. The maximum atomic E-state index is 5.67. The maximum absolute atomic E-state index is 5.67. The molecule has 0 bridgehead atoms. The van der Waals surface area contributed by atoms with Gasteiger partial charge in [0, 0.05) is 12.6 Å². The van der Waals surface area contributed by atoms with E-state index in [1.165, 1.54) is 12.8 Å². The fourth-order valence-electron chi connectivity index (χ4n) is 1.60. The lowest BCUT2D eigenvalue weighted by molar-refractivity contribution is -0.0385. The highest BCUT2D eigenvalue weighted by atomic mass is 16.5. The van der Waals surface area contributed by atoms with E-state index in [1.54, 1.807) is 0 Å². The Kier molecular flexibility index (Phi) is 5.51. The molecular weight excluding hydrogens is 150 g/mol. The average Bonchev–Trinajstić information content (AvgIpc) is 1.99. The van der Waals surface area contributed by atoms with Crippen LogP contribution in [0, 0.1) is 0 Å². The first-order valence-electron chi connectivity index (χ1n) is 4.89. The van der Waals surface area contributed by atoms with E-state index >= 15 is 0 Å². The second-order valence-electron chi connectivity index (χ2n) is 3.67. The topological polar surface area (TPSA) is 21.3 Å². The summed E-state index contributed by atoms with van der Waals surface area (Å²) >= 11 is 0. The normalized spacial score (nSPS) is 14.8. The van der Waals surface area contributed by atoms with Gasteiger partial charge in [-0.3, -0.25) is 0 Å². The van der Waals surface area contributed by atoms with Crippen molar-refractivity contribution in [1.82, 2.24) is 5.32 Å². The Morgan fingerprint density at radius 3 is 2.25 bits per heavy atom. The zero-order valence-corrected chi connectivity index (χ0v) is 9.11. The molecule has 0 saturated heterocycles. The minimum absolute atomic E-state index is 0.0422. The Morgan fingerprint density at radius 2 is 1.92 bits per heavy atom. The minimum atomic E-state index is -0.0422. The van der Waals surface area contributed by atoms with E-state index in [1.807, 2.05) is 14.0 Å². The highest BCUT2D eigenvalue weighted by molar-refractivity contribution is 4.84. The lowest BCUT2D eigenvalue weighted by Crippen LogP contribution is -2.47. The molecule has 0 spiro atoms. The molecule has 1 atom stereocenters. The van der Waals surface area contributed by atoms with Crippen LogP contribution in [0.25, 0.3) is 0 Å². The number of nitrogens with one attached hydrogen (secondary N) is 1. The van der Waals surface area contributed by atoms with E-state index in [0.717, 1.165) is 6.61 Å². The van der Waals surface area contributed by atoms with Crippen LogP contribution in [-0.4, -0.2) is 25.3 Å². The highest BCUT2D eigenvalue weighted by Crippen LogP contribution is 2.18. The number of ether oxygens (including phenoxy) is 1. The molecule has 0 aliphatic heterocycles. The second-order valence-corrected chi connectivity index (χ2v) is 3.67. The zero-order valence-electron chi connectivity index (χ0n) is 9.11. The summed E-state index contributed by atoms with van der Waals surface area (Å²) in [4.78, 5) is 0. The van der Waals surface area contributed by atoms with Crippen molar-refractivity contribution in [2.75, 3.05) is 13.7 Å². The number of hydrogen-bond acceptors (Lipinski definition) is 2. The third-order valence-electron chi connectivity index (χ3n) is 2.28. The van der Waals surface area contributed by atoms with Gasteiger partial charge in [0.2, 0.25) is 0 Å². The van der Waals surface area contributed by atoms with Gasteiger partial charge >= 0.3 is 0 Å². The molecule has 0 aromatic rings. The van der Waals surface area contributed by atoms with Crippen molar-refractivity contribution in [3.63, 3.8) is 0 Å². The molecule has 0 fully saturated rings. The van der Waals surface area contributed by atoms with Crippen molar-refractivity contribution in [1.29, 1.82) is 0 Å². The van der Waals surface area contributed by atoms with Crippen LogP contribution in [0.2, 0.25) is 0 Å². The van der Waals surface area contributed by atoms with E-state index < -0.39 is 0 Å². The van der Waals surface area contributed by atoms with Crippen LogP contribution in [0.1, 0.15) is 40.5 Å². The van der Waals surface area contributed by atoms with Gasteiger partial charge in [-0.15, -0.1) is 0 Å². The molecule has 2 nitrogen and oxygen atoms in total. The van der Waals surface area contributed by atoms with E-state index in [9.17, 15) is 0 Å². The molecule has 74 valence electrons. The van der Waals surface area contributed by atoms with Crippen molar-refractivity contribution in [2.24, 2.45) is 0 Å². The third kappa shape index (κ3) is 3.55. The summed E-state index contributed by atoms with van der Waals surface area (Å²) in [5.74, 6) is 0. The molecular formula is C10H23NO. The Morgan fingerprint density at radius 1 is 1.33 bits per heavy atom. The molecule has 0 radical (unpaired) electrons. The van der Waals surface area contributed by atoms with Crippen molar-refractivity contribution in [2.45, 2.75) is 52.2 Å². The Balaban J connectivity index is 4.05. The summed E-state index contributed by atoms with van der Waals surface area (Å²) in [6, 6.07) is 0.461. The van der Waals surface area contributed by atoms with E-state index in [-0.39, 0.29) is 5.60 Å². The Hall–Kier alpha value is -0.0800. The zero-order chi connectivity index (χ0) is 9.61. The van der Waals surface area contributed by atoms with Crippen molar-refractivity contribution in [3.8, 4) is 0 Å². The van der Waals surface area contributed by atoms with Crippen LogP contribution in [0.3, 0.4) is 0 Å². The van der Waals surface area contributed by atoms with Gasteiger partial charge in [-0.1, -0.05) is 13.3 Å². The SMILES string of the molecule is CCCC(NC)C(C)(C)OCC. The smallest absolute Gasteiger partial charge is 0.0778 e. The summed E-state index contributed by atoms with van der Waals surface area (Å²) in [5, 5.41) is 3.30. The van der Waals surface area contributed by atoms with E-state index in [0.29, 0.717) is 6.04 Å². The van der Waals surface area contributed by atoms with Gasteiger partial charge in [0.05, 0.1) is 5.60 Å². The van der Waals surface area contributed by atoms with Crippen LogP contribution >= 0.6 is 0 Å². The predicted octanol–water partition coefficient (Wildman–Crippen LogP) is 2.19. The van der Waals surface area contributed by atoms with Gasteiger partial charge in [-0.05, 0) is 34.2 Å². The Labute approximate surface area is 76.7 Å². The van der Waals surface area contributed by atoms with E-state index in [2.05, 4.69) is 26.1 Å². The lowest BCUT2D eigenvalue weighted by Gasteiger charge is -2.33. The Bertz CT molecular complexity index is 112. The second kappa shape index (κ2) is 5.55. The molecule has 0 aliphatic carbocycles. The van der Waals surface area contributed by atoms with Crippen molar-refractivity contribution >= 4 is 0 Å². The van der Waals surface area contributed by atoms with Gasteiger partial charge in [0.15, 0.2) is 0 Å². The number of likely N-dealkylation sites (N-methyl/N-ethyl adjacent to an activating group) is 1. The molecule has 12 heavy (non-hydrogen) atoms. The molecule has 0 rings (SSSR count). The maximum Gasteiger partial charge on any atom is 0.0778 e. The molecule has 0 saturated carbocycles. The quantitative estimate of drug-likeness (QED) is 0.665. The lowest BCUT2D eigenvalue weighted by atomic mass is 9.94. The largest absolute Gasteiger partial charge is 0.374 e. The molecule has 0 amide bonds. The molecule has 0 aliphatic rings. The number of rotatable bonds is 6. The van der Waals surface area contributed by atoms with Gasteiger partial charge in [-0.25, -0.2) is 0 Å². The molecule has 1 N–H and O–H groups in total. The van der Waals surface area contributed by atoms with Gasteiger partial charge < -0.3 is 10.1 Å². The van der Waals surface area contributed by atoms with Crippen LogP contribution in [-0.2, 0) is 4.74 Å². The van der Waals surface area contributed by atoms with Gasteiger partial charge in [-0.2, -0.15) is 0 Å². The summed E-state index contributed by atoms with van der Waals surface area (Å²) in [5.41, 5.74) is -0.0422. The van der Waals surface area contributed by atoms with Crippen LogP contribution in [0.4, 0.5) is 0 Å². The molecule has 0 heterocycles. The van der Waals surface area contributed by atoms with Crippen LogP contribution in [0.5, 0.6) is 0 Å². The van der Waals surface area contributed by atoms with Crippen molar-refractivity contribution in [3.05, 3.63) is 0 Å². The summed E-state index contributed by atoms with van der Waals surface area (Å²) < 4.78 is 5.67. The average molecular weight is 173 g/mol. The minimum Gasteiger partial charge on any atom is -0.374 e. The third-order valence-corrected chi connectivity index (χ3v) is 2.28. The summed E-state index contributed by atoms with van der Waals surface area (Å²) in [6.45, 7) is 9.32. The molecule has 0 aromatic heterocycles. The first-order chi connectivity index (χ1) is 5.58. The summed E-state index contributed by atoms with van der Waals surface area (Å²) in [7, 11) is 2.00. The van der Waals surface area contributed by atoms with Crippen molar-refractivity contribution < 1.29 is 4.74 Å². The first kappa shape index (κ1) is 11.9. The van der Waals surface area contributed by atoms with Gasteiger partial charge in [0.25, 0.3) is 0 Å².